The second kappa shape index (κ2) is 5.81. The van der Waals surface area contributed by atoms with Crippen LogP contribution in [0.2, 0.25) is 0 Å². The molecule has 0 unspecified atom stereocenters. The normalized spacial score (nSPS) is 10.6. The highest BCUT2D eigenvalue weighted by Gasteiger charge is 2.13. The standard InChI is InChI=1S/C14H15F2N3O/c1-3-4-12-18-13(17)8(2)14(19-12)20-11-7-9(15)5-6-10(11)16/h5-7H,3-4H2,1-2H3,(H2,17,18,19). The molecule has 0 bridgehead atoms. The highest BCUT2D eigenvalue weighted by Crippen LogP contribution is 2.28. The van der Waals surface area contributed by atoms with Gasteiger partial charge in [0.05, 0.1) is 5.56 Å². The third-order valence-corrected chi connectivity index (χ3v) is 2.76. The summed E-state index contributed by atoms with van der Waals surface area (Å²) < 4.78 is 32.0. The van der Waals surface area contributed by atoms with Crippen molar-refractivity contribution in [2.75, 3.05) is 5.73 Å². The van der Waals surface area contributed by atoms with E-state index >= 15 is 0 Å². The lowest BCUT2D eigenvalue weighted by Gasteiger charge is -2.11. The second-order valence-electron chi connectivity index (χ2n) is 4.38. The van der Waals surface area contributed by atoms with Crippen LogP contribution < -0.4 is 10.5 Å². The van der Waals surface area contributed by atoms with Crippen LogP contribution in [0.5, 0.6) is 11.6 Å². The first kappa shape index (κ1) is 14.2. The van der Waals surface area contributed by atoms with Gasteiger partial charge >= 0.3 is 0 Å². The Labute approximate surface area is 115 Å². The minimum Gasteiger partial charge on any atom is -0.435 e. The SMILES string of the molecule is CCCc1nc(N)c(C)c(Oc2cc(F)ccc2F)n1. The third kappa shape index (κ3) is 3.01. The molecule has 0 spiro atoms. The molecule has 0 saturated heterocycles. The van der Waals surface area contributed by atoms with Crippen molar-refractivity contribution in [1.82, 2.24) is 9.97 Å². The van der Waals surface area contributed by atoms with Gasteiger partial charge in [0.1, 0.15) is 17.5 Å². The van der Waals surface area contributed by atoms with E-state index in [-0.39, 0.29) is 17.4 Å². The van der Waals surface area contributed by atoms with Crippen LogP contribution in [0.3, 0.4) is 0 Å². The Bertz CT molecular complexity index is 632. The number of benzene rings is 1. The van der Waals surface area contributed by atoms with E-state index in [2.05, 4.69) is 9.97 Å². The molecule has 4 nitrogen and oxygen atoms in total. The summed E-state index contributed by atoms with van der Waals surface area (Å²) in [5, 5.41) is 0. The van der Waals surface area contributed by atoms with Gasteiger partial charge in [-0.05, 0) is 25.5 Å². The van der Waals surface area contributed by atoms with E-state index in [0.717, 1.165) is 24.6 Å². The Balaban J connectivity index is 2.39. The molecule has 20 heavy (non-hydrogen) atoms. The predicted octanol–water partition coefficient (Wildman–Crippen LogP) is 3.39. The van der Waals surface area contributed by atoms with Gasteiger partial charge in [-0.25, -0.2) is 13.8 Å². The number of nitrogens with two attached hydrogens (primary N) is 1. The minimum absolute atomic E-state index is 0.144. The van der Waals surface area contributed by atoms with Crippen molar-refractivity contribution in [1.29, 1.82) is 0 Å². The lowest BCUT2D eigenvalue weighted by atomic mass is 10.2. The monoisotopic (exact) mass is 279 g/mol. The van der Waals surface area contributed by atoms with Crippen LogP contribution in [0.4, 0.5) is 14.6 Å². The number of nitrogens with zero attached hydrogens (tertiary/aromatic N) is 2. The van der Waals surface area contributed by atoms with Gasteiger partial charge in [-0.3, -0.25) is 0 Å². The van der Waals surface area contributed by atoms with Crippen molar-refractivity contribution < 1.29 is 13.5 Å². The Morgan fingerprint density at radius 2 is 2.00 bits per heavy atom. The smallest absolute Gasteiger partial charge is 0.227 e. The van der Waals surface area contributed by atoms with E-state index in [4.69, 9.17) is 10.5 Å². The second-order valence-corrected chi connectivity index (χ2v) is 4.38. The fourth-order valence-corrected chi connectivity index (χ4v) is 1.65. The molecule has 106 valence electrons. The summed E-state index contributed by atoms with van der Waals surface area (Å²) in [6, 6.07) is 2.98. The van der Waals surface area contributed by atoms with Crippen LogP contribution in [-0.4, -0.2) is 9.97 Å². The summed E-state index contributed by atoms with van der Waals surface area (Å²) in [5.74, 6) is -0.549. The van der Waals surface area contributed by atoms with Crippen LogP contribution >= 0.6 is 0 Å². The zero-order valence-electron chi connectivity index (χ0n) is 11.3. The number of hydrogen-bond donors (Lipinski definition) is 1. The minimum atomic E-state index is -0.667. The number of nitrogen functional groups attached to an aromatic ring is 1. The number of aryl methyl sites for hydroxylation is 1. The lowest BCUT2D eigenvalue weighted by molar-refractivity contribution is 0.417. The third-order valence-electron chi connectivity index (χ3n) is 2.76. The van der Waals surface area contributed by atoms with E-state index in [1.54, 1.807) is 6.92 Å². The van der Waals surface area contributed by atoms with E-state index in [1.807, 2.05) is 6.92 Å². The largest absolute Gasteiger partial charge is 0.435 e. The zero-order chi connectivity index (χ0) is 14.7. The molecule has 0 amide bonds. The van der Waals surface area contributed by atoms with Gasteiger partial charge in [0, 0.05) is 12.5 Å². The Kier molecular flexibility index (Phi) is 4.12. The molecule has 1 heterocycles. The van der Waals surface area contributed by atoms with Crippen molar-refractivity contribution in [2.24, 2.45) is 0 Å². The highest BCUT2D eigenvalue weighted by molar-refractivity contribution is 5.46. The molecule has 2 aromatic rings. The molecule has 0 atom stereocenters. The molecule has 1 aromatic heterocycles. The molecule has 1 aromatic carbocycles. The molecule has 0 fully saturated rings. The van der Waals surface area contributed by atoms with Gasteiger partial charge in [-0.2, -0.15) is 4.98 Å². The van der Waals surface area contributed by atoms with Crippen molar-refractivity contribution in [3.63, 3.8) is 0 Å². The molecule has 6 heteroatoms. The molecular formula is C14H15F2N3O. The van der Waals surface area contributed by atoms with Crippen LogP contribution in [0.1, 0.15) is 24.7 Å². The summed E-state index contributed by atoms with van der Waals surface area (Å²) in [6.07, 6.45) is 1.47. The number of rotatable bonds is 4. The van der Waals surface area contributed by atoms with Crippen molar-refractivity contribution in [3.8, 4) is 11.6 Å². The molecule has 2 N–H and O–H groups in total. The first-order valence-corrected chi connectivity index (χ1v) is 6.27. The summed E-state index contributed by atoms with van der Waals surface area (Å²) in [6.45, 7) is 3.64. The van der Waals surface area contributed by atoms with Crippen molar-refractivity contribution in [2.45, 2.75) is 26.7 Å². The van der Waals surface area contributed by atoms with Crippen molar-refractivity contribution in [3.05, 3.63) is 41.2 Å². The van der Waals surface area contributed by atoms with E-state index < -0.39 is 11.6 Å². The number of ether oxygens (including phenoxy) is 1. The lowest BCUT2D eigenvalue weighted by Crippen LogP contribution is -2.05. The first-order chi connectivity index (χ1) is 9.51. The molecule has 0 aliphatic rings. The van der Waals surface area contributed by atoms with E-state index in [0.29, 0.717) is 17.8 Å². The maximum Gasteiger partial charge on any atom is 0.227 e. The van der Waals surface area contributed by atoms with Crippen LogP contribution in [0.15, 0.2) is 18.2 Å². The molecule has 0 aliphatic carbocycles. The maximum atomic E-state index is 13.6. The summed E-state index contributed by atoms with van der Waals surface area (Å²) >= 11 is 0. The Morgan fingerprint density at radius 3 is 2.70 bits per heavy atom. The van der Waals surface area contributed by atoms with Gasteiger partial charge in [-0.15, -0.1) is 0 Å². The molecule has 2 rings (SSSR count). The number of hydrogen-bond acceptors (Lipinski definition) is 4. The van der Waals surface area contributed by atoms with E-state index in [1.165, 1.54) is 0 Å². The van der Waals surface area contributed by atoms with Gasteiger partial charge < -0.3 is 10.5 Å². The first-order valence-electron chi connectivity index (χ1n) is 6.27. The summed E-state index contributed by atoms with van der Waals surface area (Å²) in [4.78, 5) is 8.31. The number of aromatic nitrogens is 2. The topological polar surface area (TPSA) is 61.0 Å². The van der Waals surface area contributed by atoms with Crippen LogP contribution in [0.25, 0.3) is 0 Å². The fourth-order valence-electron chi connectivity index (χ4n) is 1.65. The van der Waals surface area contributed by atoms with E-state index in [9.17, 15) is 8.78 Å². The molecule has 0 aliphatic heterocycles. The average molecular weight is 279 g/mol. The number of halogens is 2. The van der Waals surface area contributed by atoms with Gasteiger partial charge in [0.2, 0.25) is 5.88 Å². The molecular weight excluding hydrogens is 264 g/mol. The van der Waals surface area contributed by atoms with Crippen molar-refractivity contribution >= 4 is 5.82 Å². The highest BCUT2D eigenvalue weighted by atomic mass is 19.1. The molecule has 0 saturated carbocycles. The predicted molar refractivity (Wildman–Crippen MR) is 71.6 cm³/mol. The van der Waals surface area contributed by atoms with Gasteiger partial charge in [0.25, 0.3) is 0 Å². The quantitative estimate of drug-likeness (QED) is 0.931. The number of anilines is 1. The molecule has 0 radical (unpaired) electrons. The fraction of sp³-hybridized carbons (Fsp3) is 0.286. The average Bonchev–Trinajstić information content (AvgIpc) is 2.40. The Morgan fingerprint density at radius 1 is 1.25 bits per heavy atom. The van der Waals surface area contributed by atoms with Gasteiger partial charge in [-0.1, -0.05) is 6.92 Å². The summed E-state index contributed by atoms with van der Waals surface area (Å²) in [5.41, 5.74) is 6.27. The Hall–Kier alpha value is -2.24. The zero-order valence-corrected chi connectivity index (χ0v) is 11.3. The van der Waals surface area contributed by atoms with Gasteiger partial charge in [0.15, 0.2) is 11.6 Å². The summed E-state index contributed by atoms with van der Waals surface area (Å²) in [7, 11) is 0. The maximum absolute atomic E-state index is 13.6. The van der Waals surface area contributed by atoms with Crippen LogP contribution in [-0.2, 0) is 6.42 Å². The van der Waals surface area contributed by atoms with Crippen LogP contribution in [0, 0.1) is 18.6 Å².